The third-order valence-electron chi connectivity index (χ3n) is 2.37. The molecule has 0 saturated carbocycles. The number of nitro groups is 1. The Morgan fingerprint density at radius 1 is 1.56 bits per heavy atom. The highest BCUT2D eigenvalue weighted by molar-refractivity contribution is 6.29. The van der Waals surface area contributed by atoms with E-state index in [-0.39, 0.29) is 16.7 Å². The molecule has 0 amide bonds. The maximum Gasteiger partial charge on any atom is 0.311 e. The molecule has 0 bridgehead atoms. The highest BCUT2D eigenvalue weighted by atomic mass is 35.5. The molecule has 0 fully saturated rings. The Hall–Kier alpha value is -2.15. The molecule has 2 heterocycles. The maximum atomic E-state index is 10.8. The number of hydrogen-bond acceptors (Lipinski definition) is 5. The summed E-state index contributed by atoms with van der Waals surface area (Å²) in [6, 6.07) is 2.70. The molecule has 8 heteroatoms. The van der Waals surface area contributed by atoms with E-state index in [1.165, 1.54) is 12.1 Å². The largest absolute Gasteiger partial charge is 0.357 e. The van der Waals surface area contributed by atoms with Crippen LogP contribution in [0, 0.1) is 10.1 Å². The third-order valence-corrected chi connectivity index (χ3v) is 2.58. The van der Waals surface area contributed by atoms with Gasteiger partial charge in [-0.25, -0.2) is 9.97 Å². The molecule has 0 radical (unpaired) electrons. The van der Waals surface area contributed by atoms with Crippen molar-refractivity contribution in [2.24, 2.45) is 7.05 Å². The summed E-state index contributed by atoms with van der Waals surface area (Å²) in [6.45, 7) is 0.331. The van der Waals surface area contributed by atoms with Crippen LogP contribution in [-0.2, 0) is 13.6 Å². The quantitative estimate of drug-likeness (QED) is 0.520. The van der Waals surface area contributed by atoms with Crippen LogP contribution in [0.1, 0.15) is 5.82 Å². The fourth-order valence-corrected chi connectivity index (χ4v) is 1.58. The second-order valence-electron chi connectivity index (χ2n) is 3.57. The lowest BCUT2D eigenvalue weighted by Gasteiger charge is -2.06. The first-order valence-electron chi connectivity index (χ1n) is 5.09. The van der Waals surface area contributed by atoms with Gasteiger partial charge in [0.25, 0.3) is 0 Å². The third kappa shape index (κ3) is 2.57. The lowest BCUT2D eigenvalue weighted by Crippen LogP contribution is -2.08. The molecule has 0 unspecified atom stereocenters. The predicted molar refractivity (Wildman–Crippen MR) is 66.4 cm³/mol. The van der Waals surface area contributed by atoms with E-state index in [9.17, 15) is 10.1 Å². The minimum absolute atomic E-state index is 0.117. The molecule has 2 aromatic heterocycles. The van der Waals surface area contributed by atoms with Gasteiger partial charge in [-0.15, -0.1) is 0 Å². The van der Waals surface area contributed by atoms with Gasteiger partial charge in [-0.3, -0.25) is 10.1 Å². The number of hydrogen-bond donors (Lipinski definition) is 1. The average Bonchev–Trinajstić information content (AvgIpc) is 2.72. The molecule has 2 rings (SSSR count). The number of halogens is 1. The van der Waals surface area contributed by atoms with Gasteiger partial charge >= 0.3 is 5.69 Å². The van der Waals surface area contributed by atoms with Gasteiger partial charge in [0.1, 0.15) is 11.0 Å². The van der Waals surface area contributed by atoms with Crippen LogP contribution in [0.25, 0.3) is 0 Å². The second-order valence-corrected chi connectivity index (χ2v) is 3.95. The summed E-state index contributed by atoms with van der Waals surface area (Å²) >= 11 is 5.72. The standard InChI is InChI=1S/C10H10ClN5O2/c1-15-5-4-12-9(15)6-13-10-7(16(17)18)2-3-8(11)14-10/h2-5H,6H2,1H3,(H,13,14). The molecular formula is C10H10ClN5O2. The van der Waals surface area contributed by atoms with Crippen molar-refractivity contribution in [3.8, 4) is 0 Å². The van der Waals surface area contributed by atoms with Crippen molar-refractivity contribution < 1.29 is 4.92 Å². The van der Waals surface area contributed by atoms with Gasteiger partial charge < -0.3 is 9.88 Å². The van der Waals surface area contributed by atoms with Crippen molar-refractivity contribution in [3.05, 3.63) is 45.6 Å². The Bertz CT molecular complexity index is 583. The zero-order chi connectivity index (χ0) is 13.1. The Labute approximate surface area is 108 Å². The van der Waals surface area contributed by atoms with Crippen molar-refractivity contribution >= 4 is 23.1 Å². The number of aryl methyl sites for hydroxylation is 1. The molecule has 0 atom stereocenters. The van der Waals surface area contributed by atoms with Gasteiger partial charge in [-0.1, -0.05) is 11.6 Å². The fraction of sp³-hybridized carbons (Fsp3) is 0.200. The van der Waals surface area contributed by atoms with E-state index in [1.807, 2.05) is 11.6 Å². The molecule has 0 aliphatic rings. The van der Waals surface area contributed by atoms with Crippen LogP contribution in [0.3, 0.4) is 0 Å². The van der Waals surface area contributed by atoms with E-state index in [1.54, 1.807) is 12.4 Å². The van der Waals surface area contributed by atoms with Crippen LogP contribution in [0.15, 0.2) is 24.5 Å². The Balaban J connectivity index is 2.20. The molecule has 0 spiro atoms. The minimum Gasteiger partial charge on any atom is -0.357 e. The van der Waals surface area contributed by atoms with Gasteiger partial charge in [-0.05, 0) is 6.07 Å². The van der Waals surface area contributed by atoms with Crippen LogP contribution in [-0.4, -0.2) is 19.5 Å². The summed E-state index contributed by atoms with van der Waals surface area (Å²) in [7, 11) is 1.84. The number of anilines is 1. The van der Waals surface area contributed by atoms with Gasteiger partial charge in [-0.2, -0.15) is 0 Å². The summed E-state index contributed by atoms with van der Waals surface area (Å²) in [6.07, 6.45) is 3.44. The second kappa shape index (κ2) is 5.01. The Kier molecular flexibility index (Phi) is 3.42. The van der Waals surface area contributed by atoms with E-state index in [0.29, 0.717) is 6.54 Å². The molecule has 7 nitrogen and oxygen atoms in total. The van der Waals surface area contributed by atoms with Gasteiger partial charge in [0.15, 0.2) is 0 Å². The average molecular weight is 268 g/mol. The number of pyridine rings is 1. The SMILES string of the molecule is Cn1ccnc1CNc1nc(Cl)ccc1[N+](=O)[O-]. The van der Waals surface area contributed by atoms with Gasteiger partial charge in [0, 0.05) is 25.5 Å². The summed E-state index contributed by atoms with van der Waals surface area (Å²) in [5, 5.41) is 13.9. The smallest absolute Gasteiger partial charge is 0.311 e. The number of nitrogens with zero attached hydrogens (tertiary/aromatic N) is 4. The first kappa shape index (κ1) is 12.3. The normalized spacial score (nSPS) is 10.3. The fourth-order valence-electron chi connectivity index (χ4n) is 1.43. The van der Waals surface area contributed by atoms with Gasteiger partial charge in [0.2, 0.25) is 5.82 Å². The Morgan fingerprint density at radius 2 is 2.33 bits per heavy atom. The lowest BCUT2D eigenvalue weighted by molar-refractivity contribution is -0.384. The first-order valence-corrected chi connectivity index (χ1v) is 5.46. The van der Waals surface area contributed by atoms with Crippen LogP contribution in [0.2, 0.25) is 5.15 Å². The maximum absolute atomic E-state index is 10.8. The summed E-state index contributed by atoms with van der Waals surface area (Å²) in [5.74, 6) is 0.876. The number of imidazole rings is 1. The summed E-state index contributed by atoms with van der Waals surface area (Å²) in [5.41, 5.74) is -0.117. The van der Waals surface area contributed by atoms with Crippen LogP contribution < -0.4 is 5.32 Å². The minimum atomic E-state index is -0.510. The highest BCUT2D eigenvalue weighted by Crippen LogP contribution is 2.24. The Morgan fingerprint density at radius 3 is 2.94 bits per heavy atom. The molecule has 94 valence electrons. The number of nitrogens with one attached hydrogen (secondary N) is 1. The highest BCUT2D eigenvalue weighted by Gasteiger charge is 2.15. The van der Waals surface area contributed by atoms with E-state index in [4.69, 9.17) is 11.6 Å². The molecule has 0 saturated heterocycles. The van der Waals surface area contributed by atoms with E-state index in [2.05, 4.69) is 15.3 Å². The van der Waals surface area contributed by atoms with Crippen molar-refractivity contribution in [2.45, 2.75) is 6.54 Å². The first-order chi connectivity index (χ1) is 8.58. The monoisotopic (exact) mass is 267 g/mol. The van der Waals surface area contributed by atoms with E-state index in [0.717, 1.165) is 5.82 Å². The molecule has 0 aromatic carbocycles. The van der Waals surface area contributed by atoms with E-state index < -0.39 is 4.92 Å². The van der Waals surface area contributed by atoms with Crippen LogP contribution in [0.5, 0.6) is 0 Å². The zero-order valence-electron chi connectivity index (χ0n) is 9.50. The summed E-state index contributed by atoms with van der Waals surface area (Å²) in [4.78, 5) is 18.3. The predicted octanol–water partition coefficient (Wildman–Crippen LogP) is 1.99. The summed E-state index contributed by atoms with van der Waals surface area (Å²) < 4.78 is 1.81. The van der Waals surface area contributed by atoms with E-state index >= 15 is 0 Å². The van der Waals surface area contributed by atoms with Crippen molar-refractivity contribution in [1.29, 1.82) is 0 Å². The van der Waals surface area contributed by atoms with Crippen molar-refractivity contribution in [1.82, 2.24) is 14.5 Å². The van der Waals surface area contributed by atoms with Crippen LogP contribution >= 0.6 is 11.6 Å². The van der Waals surface area contributed by atoms with Gasteiger partial charge in [0.05, 0.1) is 11.5 Å². The number of aromatic nitrogens is 3. The number of rotatable bonds is 4. The van der Waals surface area contributed by atoms with Crippen molar-refractivity contribution in [2.75, 3.05) is 5.32 Å². The molecule has 0 aliphatic carbocycles. The molecule has 2 aromatic rings. The molecule has 0 aliphatic heterocycles. The van der Waals surface area contributed by atoms with Crippen molar-refractivity contribution in [3.63, 3.8) is 0 Å². The zero-order valence-corrected chi connectivity index (χ0v) is 10.3. The molecule has 1 N–H and O–H groups in total. The lowest BCUT2D eigenvalue weighted by atomic mass is 10.4. The topological polar surface area (TPSA) is 85.9 Å². The molecule has 18 heavy (non-hydrogen) atoms. The van der Waals surface area contributed by atoms with Crippen LogP contribution in [0.4, 0.5) is 11.5 Å². The molecular weight excluding hydrogens is 258 g/mol.